The van der Waals surface area contributed by atoms with Crippen molar-refractivity contribution in [3.8, 4) is 5.75 Å². The molecule has 0 atom stereocenters. The molecule has 0 aromatic heterocycles. The van der Waals surface area contributed by atoms with E-state index in [9.17, 15) is 9.90 Å². The molecule has 0 amide bonds. The van der Waals surface area contributed by atoms with Gasteiger partial charge in [-0.25, -0.2) is 0 Å². The molecule has 100 valence electrons. The molecular formula is C16H18O3. The third kappa shape index (κ3) is 2.55. The Morgan fingerprint density at radius 3 is 2.53 bits per heavy atom. The maximum absolute atomic E-state index is 11.3. The Morgan fingerprint density at radius 2 is 1.89 bits per heavy atom. The Bertz CT molecular complexity index is 614. The lowest BCUT2D eigenvalue weighted by Crippen LogP contribution is -2.26. The summed E-state index contributed by atoms with van der Waals surface area (Å²) >= 11 is 0. The van der Waals surface area contributed by atoms with Crippen molar-refractivity contribution < 1.29 is 14.6 Å². The third-order valence-corrected chi connectivity index (χ3v) is 3.42. The lowest BCUT2D eigenvalue weighted by Gasteiger charge is -2.22. The molecule has 0 unspecified atom stereocenters. The second kappa shape index (κ2) is 4.92. The van der Waals surface area contributed by atoms with E-state index in [1.54, 1.807) is 21.0 Å². The van der Waals surface area contributed by atoms with Gasteiger partial charge in [-0.3, -0.25) is 4.79 Å². The molecule has 0 bridgehead atoms. The van der Waals surface area contributed by atoms with Gasteiger partial charge in [0.2, 0.25) is 0 Å². The summed E-state index contributed by atoms with van der Waals surface area (Å²) in [7, 11) is 1.61. The smallest absolute Gasteiger partial charge is 0.309 e. The highest BCUT2D eigenvalue weighted by Gasteiger charge is 2.29. The topological polar surface area (TPSA) is 46.5 Å². The van der Waals surface area contributed by atoms with Gasteiger partial charge in [0.15, 0.2) is 0 Å². The maximum Gasteiger partial charge on any atom is 0.309 e. The van der Waals surface area contributed by atoms with Crippen LogP contribution in [0.1, 0.15) is 19.4 Å². The zero-order chi connectivity index (χ0) is 14.0. The Labute approximate surface area is 112 Å². The van der Waals surface area contributed by atoms with E-state index in [1.165, 1.54) is 0 Å². The molecule has 0 aliphatic carbocycles. The van der Waals surface area contributed by atoms with Crippen LogP contribution in [0.3, 0.4) is 0 Å². The van der Waals surface area contributed by atoms with Crippen LogP contribution < -0.4 is 4.74 Å². The molecule has 0 aliphatic heterocycles. The van der Waals surface area contributed by atoms with E-state index in [2.05, 4.69) is 0 Å². The number of carbonyl (C=O) groups is 1. The molecule has 1 N–H and O–H groups in total. The zero-order valence-corrected chi connectivity index (χ0v) is 11.4. The highest BCUT2D eigenvalue weighted by Crippen LogP contribution is 2.33. The van der Waals surface area contributed by atoms with Gasteiger partial charge >= 0.3 is 5.97 Å². The monoisotopic (exact) mass is 258 g/mol. The summed E-state index contributed by atoms with van der Waals surface area (Å²) in [4.78, 5) is 11.3. The normalized spacial score (nSPS) is 11.5. The molecule has 0 radical (unpaired) electrons. The maximum atomic E-state index is 11.3. The summed E-state index contributed by atoms with van der Waals surface area (Å²) in [5.41, 5.74) is 0.130. The minimum absolute atomic E-state index is 0.437. The summed E-state index contributed by atoms with van der Waals surface area (Å²) < 4.78 is 5.39. The van der Waals surface area contributed by atoms with Crippen molar-refractivity contribution >= 4 is 16.7 Å². The first-order chi connectivity index (χ1) is 8.95. The number of aliphatic carboxylic acids is 1. The summed E-state index contributed by atoms with van der Waals surface area (Å²) in [5.74, 6) is -0.0597. The first kappa shape index (κ1) is 13.4. The number of ether oxygens (including phenoxy) is 1. The van der Waals surface area contributed by atoms with Gasteiger partial charge in [-0.05, 0) is 37.1 Å². The fraction of sp³-hybridized carbons (Fsp3) is 0.312. The lowest BCUT2D eigenvalue weighted by atomic mass is 9.84. The predicted molar refractivity (Wildman–Crippen MR) is 75.6 cm³/mol. The summed E-state index contributed by atoms with van der Waals surface area (Å²) in [5, 5.41) is 11.4. The van der Waals surface area contributed by atoms with Crippen molar-refractivity contribution in [1.82, 2.24) is 0 Å². The molecule has 2 aromatic rings. The van der Waals surface area contributed by atoms with Gasteiger partial charge in [0, 0.05) is 5.56 Å². The molecule has 0 saturated heterocycles. The fourth-order valence-corrected chi connectivity index (χ4v) is 2.21. The molecule has 0 aliphatic rings. The number of carboxylic acid groups (broad SMARTS) is 1. The van der Waals surface area contributed by atoms with Crippen LogP contribution in [0, 0.1) is 5.41 Å². The SMILES string of the molecule is COc1ccc2ccccc2c1CC(C)(C)C(=O)O. The first-order valence-electron chi connectivity index (χ1n) is 6.24. The summed E-state index contributed by atoms with van der Waals surface area (Å²) in [6.07, 6.45) is 0.437. The molecule has 19 heavy (non-hydrogen) atoms. The van der Waals surface area contributed by atoms with E-state index in [-0.39, 0.29) is 0 Å². The van der Waals surface area contributed by atoms with Crippen LogP contribution in [0.15, 0.2) is 36.4 Å². The number of rotatable bonds is 4. The van der Waals surface area contributed by atoms with E-state index < -0.39 is 11.4 Å². The molecule has 0 heterocycles. The number of benzene rings is 2. The average Bonchev–Trinajstić information content (AvgIpc) is 2.38. The van der Waals surface area contributed by atoms with Crippen LogP contribution in [0.2, 0.25) is 0 Å². The number of methoxy groups -OCH3 is 1. The summed E-state index contributed by atoms with van der Waals surface area (Å²) in [6, 6.07) is 11.8. The molecule has 0 spiro atoms. The largest absolute Gasteiger partial charge is 0.496 e. The molecular weight excluding hydrogens is 240 g/mol. The highest BCUT2D eigenvalue weighted by atomic mass is 16.5. The number of hydrogen-bond donors (Lipinski definition) is 1. The molecule has 2 aromatic carbocycles. The molecule has 0 fully saturated rings. The van der Waals surface area contributed by atoms with E-state index in [0.717, 1.165) is 22.1 Å². The second-order valence-corrected chi connectivity index (χ2v) is 5.33. The van der Waals surface area contributed by atoms with Crippen LogP contribution in [0.25, 0.3) is 10.8 Å². The van der Waals surface area contributed by atoms with E-state index >= 15 is 0 Å². The van der Waals surface area contributed by atoms with Gasteiger partial charge in [0.25, 0.3) is 0 Å². The minimum Gasteiger partial charge on any atom is -0.496 e. The summed E-state index contributed by atoms with van der Waals surface area (Å²) in [6.45, 7) is 3.47. The number of hydrogen-bond acceptors (Lipinski definition) is 2. The van der Waals surface area contributed by atoms with Crippen molar-refractivity contribution in [3.63, 3.8) is 0 Å². The zero-order valence-electron chi connectivity index (χ0n) is 11.4. The van der Waals surface area contributed by atoms with Crippen LogP contribution >= 0.6 is 0 Å². The molecule has 2 rings (SSSR count). The van der Waals surface area contributed by atoms with E-state index in [1.807, 2.05) is 36.4 Å². The Kier molecular flexibility index (Phi) is 3.47. The van der Waals surface area contributed by atoms with Crippen LogP contribution in [0.4, 0.5) is 0 Å². The minimum atomic E-state index is -0.822. The number of fused-ring (bicyclic) bond motifs is 1. The van der Waals surface area contributed by atoms with Crippen LogP contribution in [0.5, 0.6) is 5.75 Å². The average molecular weight is 258 g/mol. The Hall–Kier alpha value is -2.03. The number of carboxylic acids is 1. The standard InChI is InChI=1S/C16H18O3/c1-16(2,15(17)18)10-13-12-7-5-4-6-11(12)8-9-14(13)19-3/h4-9H,10H2,1-3H3,(H,17,18). The van der Waals surface area contributed by atoms with Gasteiger partial charge < -0.3 is 9.84 Å². The first-order valence-corrected chi connectivity index (χ1v) is 6.24. The third-order valence-electron chi connectivity index (χ3n) is 3.42. The highest BCUT2D eigenvalue weighted by molar-refractivity contribution is 5.88. The van der Waals surface area contributed by atoms with Gasteiger partial charge in [-0.2, -0.15) is 0 Å². The van der Waals surface area contributed by atoms with Gasteiger partial charge in [0.05, 0.1) is 12.5 Å². The van der Waals surface area contributed by atoms with Crippen LogP contribution in [-0.2, 0) is 11.2 Å². The Morgan fingerprint density at radius 1 is 1.21 bits per heavy atom. The van der Waals surface area contributed by atoms with Crippen molar-refractivity contribution in [2.45, 2.75) is 20.3 Å². The van der Waals surface area contributed by atoms with Gasteiger partial charge in [-0.1, -0.05) is 30.3 Å². The Balaban J connectivity index is 2.59. The fourth-order valence-electron chi connectivity index (χ4n) is 2.21. The van der Waals surface area contributed by atoms with E-state index in [4.69, 9.17) is 4.74 Å². The quantitative estimate of drug-likeness (QED) is 0.913. The van der Waals surface area contributed by atoms with Gasteiger partial charge in [0.1, 0.15) is 5.75 Å². The van der Waals surface area contributed by atoms with Crippen molar-refractivity contribution in [1.29, 1.82) is 0 Å². The van der Waals surface area contributed by atoms with Crippen molar-refractivity contribution in [2.75, 3.05) is 7.11 Å². The predicted octanol–water partition coefficient (Wildman–Crippen LogP) is 3.50. The lowest BCUT2D eigenvalue weighted by molar-refractivity contribution is -0.146. The van der Waals surface area contributed by atoms with Gasteiger partial charge in [-0.15, -0.1) is 0 Å². The second-order valence-electron chi connectivity index (χ2n) is 5.33. The molecule has 3 nitrogen and oxygen atoms in total. The molecule has 3 heteroatoms. The van der Waals surface area contributed by atoms with Crippen molar-refractivity contribution in [2.24, 2.45) is 5.41 Å². The van der Waals surface area contributed by atoms with Crippen molar-refractivity contribution in [3.05, 3.63) is 42.0 Å². The molecule has 0 saturated carbocycles. The van der Waals surface area contributed by atoms with E-state index in [0.29, 0.717) is 6.42 Å². The van der Waals surface area contributed by atoms with Crippen LogP contribution in [-0.4, -0.2) is 18.2 Å².